The molecule has 0 bridgehead atoms. The number of hydrogen-bond acceptors (Lipinski definition) is 2. The molecule has 0 atom stereocenters. The Morgan fingerprint density at radius 2 is 2.23 bits per heavy atom. The number of hydrazine groups is 1. The molecule has 2 rings (SSSR count). The highest BCUT2D eigenvalue weighted by molar-refractivity contribution is 5.96. The molecular formula is C10H12N2O. The van der Waals surface area contributed by atoms with Crippen LogP contribution in [0, 0.1) is 0 Å². The van der Waals surface area contributed by atoms with Crippen LogP contribution < -0.4 is 5.43 Å². The second-order valence-electron chi connectivity index (χ2n) is 3.11. The van der Waals surface area contributed by atoms with Crippen LogP contribution in [0.3, 0.4) is 0 Å². The Balaban J connectivity index is 2.37. The van der Waals surface area contributed by atoms with E-state index in [1.807, 2.05) is 36.2 Å². The summed E-state index contributed by atoms with van der Waals surface area (Å²) < 4.78 is 0. The molecule has 68 valence electrons. The van der Waals surface area contributed by atoms with Gasteiger partial charge in [-0.1, -0.05) is 25.1 Å². The number of hydrogen-bond donors (Lipinski definition) is 1. The lowest BCUT2D eigenvalue weighted by molar-refractivity contribution is 0.0746. The molecule has 3 nitrogen and oxygen atoms in total. The van der Waals surface area contributed by atoms with Crippen LogP contribution in [-0.2, 0) is 6.54 Å². The normalized spacial score (nSPS) is 16.5. The molecule has 0 aromatic heterocycles. The van der Waals surface area contributed by atoms with E-state index >= 15 is 0 Å². The first-order valence-corrected chi connectivity index (χ1v) is 4.45. The number of nitrogens with one attached hydrogen (secondary N) is 1. The third-order valence-electron chi connectivity index (χ3n) is 2.26. The summed E-state index contributed by atoms with van der Waals surface area (Å²) in [6, 6.07) is 7.71. The van der Waals surface area contributed by atoms with E-state index in [0.29, 0.717) is 0 Å². The standard InChI is InChI=1S/C10H12N2O/c1-2-12-7-8-5-3-4-6-9(8)10(13)11-12/h3-6H,2,7H2,1H3,(H,11,13). The third kappa shape index (κ3) is 1.42. The van der Waals surface area contributed by atoms with Crippen LogP contribution >= 0.6 is 0 Å². The molecule has 1 heterocycles. The lowest BCUT2D eigenvalue weighted by Crippen LogP contribution is -2.45. The van der Waals surface area contributed by atoms with Gasteiger partial charge in [-0.3, -0.25) is 10.2 Å². The zero-order chi connectivity index (χ0) is 9.26. The van der Waals surface area contributed by atoms with Crippen molar-refractivity contribution in [3.63, 3.8) is 0 Å². The summed E-state index contributed by atoms with van der Waals surface area (Å²) in [7, 11) is 0. The zero-order valence-corrected chi connectivity index (χ0v) is 7.58. The average molecular weight is 176 g/mol. The van der Waals surface area contributed by atoms with Gasteiger partial charge in [-0.05, 0) is 11.6 Å². The minimum atomic E-state index is 0.00343. The number of carbonyl (C=O) groups excluding carboxylic acids is 1. The number of amides is 1. The first-order chi connectivity index (χ1) is 6.31. The third-order valence-corrected chi connectivity index (χ3v) is 2.26. The number of carbonyl (C=O) groups is 1. The van der Waals surface area contributed by atoms with E-state index in [0.717, 1.165) is 24.2 Å². The Morgan fingerprint density at radius 3 is 3.00 bits per heavy atom. The van der Waals surface area contributed by atoms with Crippen LogP contribution in [0.25, 0.3) is 0 Å². The highest BCUT2D eigenvalue weighted by Crippen LogP contribution is 2.14. The number of rotatable bonds is 1. The Morgan fingerprint density at radius 1 is 1.46 bits per heavy atom. The van der Waals surface area contributed by atoms with Gasteiger partial charge in [0.15, 0.2) is 0 Å². The van der Waals surface area contributed by atoms with E-state index in [9.17, 15) is 4.79 Å². The first-order valence-electron chi connectivity index (χ1n) is 4.45. The van der Waals surface area contributed by atoms with E-state index < -0.39 is 0 Å². The van der Waals surface area contributed by atoms with Gasteiger partial charge in [0.2, 0.25) is 0 Å². The lowest BCUT2D eigenvalue weighted by atomic mass is 10.1. The predicted octanol–water partition coefficient (Wildman–Crippen LogP) is 1.17. The number of benzene rings is 1. The van der Waals surface area contributed by atoms with Crippen molar-refractivity contribution >= 4 is 5.91 Å². The molecule has 13 heavy (non-hydrogen) atoms. The van der Waals surface area contributed by atoms with Gasteiger partial charge in [0, 0.05) is 18.7 Å². The van der Waals surface area contributed by atoms with Gasteiger partial charge < -0.3 is 0 Å². The van der Waals surface area contributed by atoms with Crippen LogP contribution in [0.2, 0.25) is 0 Å². The fourth-order valence-corrected chi connectivity index (χ4v) is 1.52. The number of nitrogens with zero attached hydrogens (tertiary/aromatic N) is 1. The highest BCUT2D eigenvalue weighted by Gasteiger charge is 2.19. The van der Waals surface area contributed by atoms with Crippen molar-refractivity contribution in [2.24, 2.45) is 0 Å². The second-order valence-corrected chi connectivity index (χ2v) is 3.11. The van der Waals surface area contributed by atoms with Gasteiger partial charge in [0.25, 0.3) is 5.91 Å². The van der Waals surface area contributed by atoms with E-state index in [1.165, 1.54) is 0 Å². The summed E-state index contributed by atoms with van der Waals surface area (Å²) >= 11 is 0. The molecule has 1 aromatic rings. The summed E-state index contributed by atoms with van der Waals surface area (Å²) in [6.07, 6.45) is 0. The van der Waals surface area contributed by atoms with E-state index in [1.54, 1.807) is 0 Å². The van der Waals surface area contributed by atoms with E-state index in [-0.39, 0.29) is 5.91 Å². The van der Waals surface area contributed by atoms with Crippen molar-refractivity contribution in [1.29, 1.82) is 0 Å². The maximum Gasteiger partial charge on any atom is 0.265 e. The highest BCUT2D eigenvalue weighted by atomic mass is 16.2. The molecule has 0 saturated heterocycles. The molecule has 1 N–H and O–H groups in total. The van der Waals surface area contributed by atoms with Crippen LogP contribution in [-0.4, -0.2) is 17.5 Å². The fourth-order valence-electron chi connectivity index (χ4n) is 1.52. The quantitative estimate of drug-likeness (QED) is 0.696. The van der Waals surface area contributed by atoms with E-state index in [4.69, 9.17) is 0 Å². The molecule has 0 saturated carbocycles. The lowest BCUT2D eigenvalue weighted by Gasteiger charge is -2.27. The molecule has 1 aliphatic rings. The molecule has 0 unspecified atom stereocenters. The topological polar surface area (TPSA) is 32.3 Å². The smallest absolute Gasteiger partial charge is 0.265 e. The largest absolute Gasteiger partial charge is 0.284 e. The van der Waals surface area contributed by atoms with Gasteiger partial charge >= 0.3 is 0 Å². The Hall–Kier alpha value is -1.35. The van der Waals surface area contributed by atoms with Crippen LogP contribution in [0.15, 0.2) is 24.3 Å². The van der Waals surface area contributed by atoms with Gasteiger partial charge in [-0.15, -0.1) is 0 Å². The van der Waals surface area contributed by atoms with Crippen LogP contribution in [0.1, 0.15) is 22.8 Å². The van der Waals surface area contributed by atoms with Crippen molar-refractivity contribution < 1.29 is 4.79 Å². The van der Waals surface area contributed by atoms with Crippen molar-refractivity contribution in [3.8, 4) is 0 Å². The van der Waals surface area contributed by atoms with Crippen molar-refractivity contribution in [1.82, 2.24) is 10.4 Å². The minimum absolute atomic E-state index is 0.00343. The maximum absolute atomic E-state index is 11.5. The SMILES string of the molecule is CCN1Cc2ccccc2C(=O)N1. The second kappa shape index (κ2) is 3.18. The van der Waals surface area contributed by atoms with Crippen LogP contribution in [0.4, 0.5) is 0 Å². The molecule has 0 radical (unpaired) electrons. The molecule has 0 spiro atoms. The molecule has 1 amide bonds. The molecule has 3 heteroatoms. The van der Waals surface area contributed by atoms with Gasteiger partial charge in [0.05, 0.1) is 0 Å². The summed E-state index contributed by atoms with van der Waals surface area (Å²) in [5.74, 6) is 0.00343. The number of fused-ring (bicyclic) bond motifs is 1. The monoisotopic (exact) mass is 176 g/mol. The van der Waals surface area contributed by atoms with E-state index in [2.05, 4.69) is 5.43 Å². The molecule has 0 fully saturated rings. The minimum Gasteiger partial charge on any atom is -0.284 e. The average Bonchev–Trinajstić information content (AvgIpc) is 2.18. The summed E-state index contributed by atoms with van der Waals surface area (Å²) in [5, 5.41) is 1.91. The van der Waals surface area contributed by atoms with Crippen LogP contribution in [0.5, 0.6) is 0 Å². The van der Waals surface area contributed by atoms with Crippen molar-refractivity contribution in [2.75, 3.05) is 6.54 Å². The zero-order valence-electron chi connectivity index (χ0n) is 7.58. The maximum atomic E-state index is 11.5. The molecule has 1 aromatic carbocycles. The van der Waals surface area contributed by atoms with Gasteiger partial charge in [0.1, 0.15) is 0 Å². The summed E-state index contributed by atoms with van der Waals surface area (Å²) in [5.41, 5.74) is 4.72. The first kappa shape index (κ1) is 8.26. The summed E-state index contributed by atoms with van der Waals surface area (Å²) in [4.78, 5) is 11.5. The Kier molecular flexibility index (Phi) is 2.02. The van der Waals surface area contributed by atoms with Gasteiger partial charge in [-0.2, -0.15) is 0 Å². The summed E-state index contributed by atoms with van der Waals surface area (Å²) in [6.45, 7) is 3.66. The Bertz CT molecular complexity index is 335. The van der Waals surface area contributed by atoms with Crippen molar-refractivity contribution in [3.05, 3.63) is 35.4 Å². The predicted molar refractivity (Wildman–Crippen MR) is 50.0 cm³/mol. The molecule has 1 aliphatic heterocycles. The molecule has 0 aliphatic carbocycles. The van der Waals surface area contributed by atoms with Gasteiger partial charge in [-0.25, -0.2) is 5.01 Å². The Labute approximate surface area is 77.3 Å². The molecular weight excluding hydrogens is 164 g/mol. The van der Waals surface area contributed by atoms with Crippen molar-refractivity contribution in [2.45, 2.75) is 13.5 Å². The fraction of sp³-hybridized carbons (Fsp3) is 0.300.